The van der Waals surface area contributed by atoms with Gasteiger partial charge in [0, 0.05) is 16.3 Å². The third kappa shape index (κ3) is 4.33. The first-order valence-corrected chi connectivity index (χ1v) is 14.0. The lowest BCUT2D eigenvalue weighted by Gasteiger charge is -2.54. The van der Waals surface area contributed by atoms with Crippen LogP contribution in [0.3, 0.4) is 0 Å². The van der Waals surface area contributed by atoms with Crippen molar-refractivity contribution in [3.63, 3.8) is 0 Å². The van der Waals surface area contributed by atoms with Gasteiger partial charge in [-0.05, 0) is 57.1 Å². The van der Waals surface area contributed by atoms with Crippen molar-refractivity contribution >= 4 is 39.1 Å². The van der Waals surface area contributed by atoms with Crippen LogP contribution in [0.2, 0.25) is 0 Å². The minimum atomic E-state index is -1.39. The molecule has 6 nitrogen and oxygen atoms in total. The van der Waals surface area contributed by atoms with Crippen LogP contribution < -0.4 is 5.32 Å². The third-order valence-corrected chi connectivity index (χ3v) is 8.98. The summed E-state index contributed by atoms with van der Waals surface area (Å²) in [7, 11) is 0. The number of benzene rings is 3. The van der Waals surface area contributed by atoms with Gasteiger partial charge < -0.3 is 20.3 Å². The Kier molecular flexibility index (Phi) is 7.76. The zero-order valence-electron chi connectivity index (χ0n) is 21.9. The topological polar surface area (TPSA) is 95.9 Å². The van der Waals surface area contributed by atoms with Crippen LogP contribution in [-0.2, 0) is 19.7 Å². The third-order valence-electron chi connectivity index (χ3n) is 8.32. The number of halogens is 1. The Bertz CT molecular complexity index is 1390. The number of hydrogen-bond acceptors (Lipinski definition) is 5. The molecule has 1 heterocycles. The molecule has 0 bridgehead atoms. The molecule has 0 saturated heterocycles. The van der Waals surface area contributed by atoms with E-state index in [1.54, 1.807) is 13.0 Å². The first-order valence-electron chi connectivity index (χ1n) is 13.2. The summed E-state index contributed by atoms with van der Waals surface area (Å²) in [6.07, 6.45) is 0.691. The number of anilines is 1. The summed E-state index contributed by atoms with van der Waals surface area (Å²) in [5, 5.41) is 25.3. The van der Waals surface area contributed by atoms with Gasteiger partial charge in [-0.2, -0.15) is 0 Å². The molecule has 0 unspecified atom stereocenters. The molecule has 202 valence electrons. The lowest BCUT2D eigenvalue weighted by atomic mass is 9.47. The summed E-state index contributed by atoms with van der Waals surface area (Å²) in [6.45, 7) is 3.46. The summed E-state index contributed by atoms with van der Waals surface area (Å²) in [5.41, 5.74) is 2.29. The second-order valence-electron chi connectivity index (χ2n) is 10.2. The second kappa shape index (κ2) is 11.1. The Morgan fingerprint density at radius 1 is 1.05 bits per heavy atom. The van der Waals surface area contributed by atoms with E-state index in [0.29, 0.717) is 15.7 Å². The molecular formula is C32H32BrNO5. The van der Waals surface area contributed by atoms with Crippen LogP contribution in [0.1, 0.15) is 36.5 Å². The molecule has 39 heavy (non-hydrogen) atoms. The van der Waals surface area contributed by atoms with Gasteiger partial charge in [0.05, 0.1) is 36.3 Å². The van der Waals surface area contributed by atoms with Crippen LogP contribution in [-0.4, -0.2) is 41.4 Å². The van der Waals surface area contributed by atoms with E-state index >= 15 is 0 Å². The summed E-state index contributed by atoms with van der Waals surface area (Å²) >= 11 is 3.60. The van der Waals surface area contributed by atoms with Crippen LogP contribution in [0.15, 0.2) is 89.4 Å². The zero-order valence-corrected chi connectivity index (χ0v) is 23.5. The maximum atomic E-state index is 14.5. The largest absolute Gasteiger partial charge is 0.466 e. The first kappa shape index (κ1) is 27.3. The number of hydrogen-bond donors (Lipinski definition) is 3. The molecule has 0 radical (unpaired) electrons. The monoisotopic (exact) mass is 589 g/mol. The van der Waals surface area contributed by atoms with E-state index in [9.17, 15) is 19.8 Å². The molecule has 6 atom stereocenters. The number of ether oxygens (including phenoxy) is 1. The molecule has 3 aromatic rings. The SMILES string of the molecule is CCOC(=O)[C@@H]1[C@@H](C)[C@H](O)[C@@H](/C(=C\CO)c2ccccc2)[C@H](c2ccccc2)[C@]12C(=O)Nc1c(Br)cccc12. The standard InChI is InChI=1S/C32H32BrNO5/c1-3-39-30(37)26-19(2)29(36)25(22(17-18-35)20-11-6-4-7-12-20)27(21-13-8-5-9-14-21)32(26)23-15-10-16-24(33)28(23)34-31(32)38/h4-17,19,25-27,29,35-36H,3,18H2,1-2H3,(H,34,38)/b22-17-/t19-,25+,26+,27+,29+,32-/m1/s1. The minimum absolute atomic E-state index is 0.153. The fourth-order valence-corrected chi connectivity index (χ4v) is 7.33. The Morgan fingerprint density at radius 2 is 1.72 bits per heavy atom. The molecule has 1 aliphatic carbocycles. The number of aliphatic hydroxyl groups excluding tert-OH is 2. The summed E-state index contributed by atoms with van der Waals surface area (Å²) in [5.74, 6) is -3.72. The molecule has 0 aromatic heterocycles. The van der Waals surface area contributed by atoms with Crippen LogP contribution in [0.4, 0.5) is 5.69 Å². The Balaban J connectivity index is 1.88. The lowest BCUT2D eigenvalue weighted by Crippen LogP contribution is -2.62. The van der Waals surface area contributed by atoms with E-state index in [1.165, 1.54) is 0 Å². The van der Waals surface area contributed by atoms with E-state index in [2.05, 4.69) is 21.2 Å². The van der Waals surface area contributed by atoms with Gasteiger partial charge >= 0.3 is 5.97 Å². The number of esters is 1. The number of carbonyl (C=O) groups is 2. The number of amides is 1. The average molecular weight is 591 g/mol. The van der Waals surface area contributed by atoms with Crippen molar-refractivity contribution < 1.29 is 24.5 Å². The van der Waals surface area contributed by atoms with Crippen LogP contribution >= 0.6 is 15.9 Å². The molecule has 5 rings (SSSR count). The molecule has 2 aliphatic rings. The van der Waals surface area contributed by atoms with Gasteiger partial charge in [0.25, 0.3) is 0 Å². The normalized spacial score (nSPS) is 28.2. The zero-order chi connectivity index (χ0) is 27.7. The average Bonchev–Trinajstić information content (AvgIpc) is 3.23. The molecule has 1 spiro atoms. The summed E-state index contributed by atoms with van der Waals surface area (Å²) in [6, 6.07) is 24.8. The van der Waals surface area contributed by atoms with Crippen molar-refractivity contribution in [1.82, 2.24) is 0 Å². The van der Waals surface area contributed by atoms with Gasteiger partial charge in [0.1, 0.15) is 0 Å². The van der Waals surface area contributed by atoms with Crippen molar-refractivity contribution in [2.24, 2.45) is 17.8 Å². The Labute approximate surface area is 236 Å². The summed E-state index contributed by atoms with van der Waals surface area (Å²) < 4.78 is 6.31. The van der Waals surface area contributed by atoms with Gasteiger partial charge in [-0.3, -0.25) is 9.59 Å². The predicted molar refractivity (Wildman–Crippen MR) is 154 cm³/mol. The van der Waals surface area contributed by atoms with Gasteiger partial charge in [-0.15, -0.1) is 0 Å². The van der Waals surface area contributed by atoms with Crippen molar-refractivity contribution in [3.05, 3.63) is 106 Å². The Hall–Kier alpha value is -3.26. The number of carbonyl (C=O) groups excluding carboxylic acids is 2. The maximum absolute atomic E-state index is 14.5. The highest BCUT2D eigenvalue weighted by atomic mass is 79.9. The lowest BCUT2D eigenvalue weighted by molar-refractivity contribution is -0.165. The molecule has 1 aliphatic heterocycles. The minimum Gasteiger partial charge on any atom is -0.466 e. The number of fused-ring (bicyclic) bond motifs is 2. The maximum Gasteiger partial charge on any atom is 0.310 e. The smallest absolute Gasteiger partial charge is 0.310 e. The molecular weight excluding hydrogens is 558 g/mol. The van der Waals surface area contributed by atoms with E-state index in [0.717, 1.165) is 16.7 Å². The molecule has 1 amide bonds. The number of aliphatic hydroxyl groups is 2. The number of para-hydroxylation sites is 1. The van der Waals surface area contributed by atoms with Crippen molar-refractivity contribution in [1.29, 1.82) is 0 Å². The highest BCUT2D eigenvalue weighted by Gasteiger charge is 2.68. The Morgan fingerprint density at radius 3 is 2.36 bits per heavy atom. The summed E-state index contributed by atoms with van der Waals surface area (Å²) in [4.78, 5) is 28.3. The highest BCUT2D eigenvalue weighted by molar-refractivity contribution is 9.10. The van der Waals surface area contributed by atoms with E-state index in [4.69, 9.17) is 4.74 Å². The predicted octanol–water partition coefficient (Wildman–Crippen LogP) is 5.30. The molecule has 7 heteroatoms. The van der Waals surface area contributed by atoms with Crippen LogP contribution in [0, 0.1) is 17.8 Å². The highest BCUT2D eigenvalue weighted by Crippen LogP contribution is 2.63. The molecule has 3 N–H and O–H groups in total. The first-order chi connectivity index (χ1) is 18.9. The van der Waals surface area contributed by atoms with Crippen LogP contribution in [0.25, 0.3) is 5.57 Å². The quantitative estimate of drug-likeness (QED) is 0.339. The van der Waals surface area contributed by atoms with Gasteiger partial charge in [0.2, 0.25) is 5.91 Å². The van der Waals surface area contributed by atoms with Gasteiger partial charge in [-0.25, -0.2) is 0 Å². The van der Waals surface area contributed by atoms with Crippen molar-refractivity contribution in [3.8, 4) is 0 Å². The van der Waals surface area contributed by atoms with E-state index in [1.807, 2.05) is 85.8 Å². The van der Waals surface area contributed by atoms with E-state index in [-0.39, 0.29) is 19.1 Å². The van der Waals surface area contributed by atoms with Gasteiger partial charge in [0.15, 0.2) is 0 Å². The van der Waals surface area contributed by atoms with E-state index < -0.39 is 41.2 Å². The number of rotatable bonds is 6. The fourth-order valence-electron chi connectivity index (χ4n) is 6.87. The molecule has 1 saturated carbocycles. The van der Waals surface area contributed by atoms with Crippen molar-refractivity contribution in [2.45, 2.75) is 31.3 Å². The van der Waals surface area contributed by atoms with Crippen molar-refractivity contribution in [2.75, 3.05) is 18.5 Å². The number of nitrogens with one attached hydrogen (secondary N) is 1. The van der Waals surface area contributed by atoms with Gasteiger partial charge in [-0.1, -0.05) is 85.8 Å². The fraction of sp³-hybridized carbons (Fsp3) is 0.312. The van der Waals surface area contributed by atoms with Crippen LogP contribution in [0.5, 0.6) is 0 Å². The second-order valence-corrected chi connectivity index (χ2v) is 11.0. The molecule has 3 aromatic carbocycles. The molecule has 1 fully saturated rings.